The molecule has 148 valence electrons. The largest absolute Gasteiger partial charge is 0.361 e. The summed E-state index contributed by atoms with van der Waals surface area (Å²) in [6.07, 6.45) is 4.20. The van der Waals surface area contributed by atoms with Gasteiger partial charge in [0, 0.05) is 22.7 Å². The highest BCUT2D eigenvalue weighted by atomic mass is 16.5. The summed E-state index contributed by atoms with van der Waals surface area (Å²) in [5.41, 5.74) is 8.56. The van der Waals surface area contributed by atoms with Crippen molar-refractivity contribution in [2.45, 2.75) is 32.6 Å². The third-order valence-corrected chi connectivity index (χ3v) is 6.05. The molecule has 0 saturated heterocycles. The summed E-state index contributed by atoms with van der Waals surface area (Å²) in [6.45, 7) is 3.85. The Labute approximate surface area is 172 Å². The molecule has 5 aromatic rings. The maximum Gasteiger partial charge on any atom is 0.323 e. The lowest BCUT2D eigenvalue weighted by atomic mass is 9.89. The topological polar surface area (TPSA) is 87.6 Å². The number of benzene rings is 2. The molecule has 0 spiro atoms. The van der Waals surface area contributed by atoms with Crippen LogP contribution in [0.2, 0.25) is 0 Å². The van der Waals surface area contributed by atoms with Crippen molar-refractivity contribution >= 4 is 21.9 Å². The summed E-state index contributed by atoms with van der Waals surface area (Å²) in [4.78, 5) is 22.8. The first-order valence-electron chi connectivity index (χ1n) is 10.2. The summed E-state index contributed by atoms with van der Waals surface area (Å²) in [5.74, 6) is 1.31. The number of nitrogens with one attached hydrogen (secondary N) is 2. The van der Waals surface area contributed by atoms with E-state index in [0.717, 1.165) is 55.6 Å². The van der Waals surface area contributed by atoms with Crippen LogP contribution < -0.4 is 5.69 Å². The first-order valence-corrected chi connectivity index (χ1v) is 10.2. The Morgan fingerprint density at radius 2 is 1.93 bits per heavy atom. The summed E-state index contributed by atoms with van der Waals surface area (Å²) in [6, 6.07) is 12.5. The summed E-state index contributed by atoms with van der Waals surface area (Å²) < 4.78 is 5.41. The zero-order chi connectivity index (χ0) is 20.4. The Morgan fingerprint density at radius 1 is 1.07 bits per heavy atom. The number of pyridine rings is 1. The van der Waals surface area contributed by atoms with Crippen LogP contribution in [0.1, 0.15) is 35.8 Å². The molecule has 0 radical (unpaired) electrons. The summed E-state index contributed by atoms with van der Waals surface area (Å²) >= 11 is 0. The van der Waals surface area contributed by atoms with Crippen molar-refractivity contribution in [1.29, 1.82) is 0 Å². The fourth-order valence-electron chi connectivity index (χ4n) is 4.58. The van der Waals surface area contributed by atoms with Crippen molar-refractivity contribution in [2.24, 2.45) is 0 Å². The number of hydrogen-bond acceptors (Lipinski definition) is 4. The van der Waals surface area contributed by atoms with Crippen LogP contribution in [0.3, 0.4) is 0 Å². The van der Waals surface area contributed by atoms with Crippen LogP contribution in [-0.4, -0.2) is 20.1 Å². The average molecular weight is 396 g/mol. The van der Waals surface area contributed by atoms with E-state index in [4.69, 9.17) is 4.52 Å². The smallest absolute Gasteiger partial charge is 0.323 e. The molecule has 6 nitrogen and oxygen atoms in total. The maximum absolute atomic E-state index is 12.2. The number of imidazole rings is 1. The number of rotatable bonds is 3. The van der Waals surface area contributed by atoms with Gasteiger partial charge >= 0.3 is 5.69 Å². The molecule has 0 unspecified atom stereocenters. The minimum atomic E-state index is -0.214. The summed E-state index contributed by atoms with van der Waals surface area (Å²) in [7, 11) is 0. The van der Waals surface area contributed by atoms with Gasteiger partial charge in [0.05, 0.1) is 22.2 Å². The van der Waals surface area contributed by atoms with Crippen LogP contribution in [0.25, 0.3) is 44.2 Å². The Balaban J connectivity index is 1.75. The number of hydrogen-bond donors (Lipinski definition) is 2. The van der Waals surface area contributed by atoms with E-state index in [1.54, 1.807) is 0 Å². The zero-order valence-corrected chi connectivity index (χ0v) is 16.7. The molecule has 1 saturated carbocycles. The molecular formula is C24H20N4O2. The molecule has 0 bridgehead atoms. The Bertz CT molecular complexity index is 1480. The first-order chi connectivity index (χ1) is 14.6. The first kappa shape index (κ1) is 17.2. The second-order valence-electron chi connectivity index (χ2n) is 8.10. The third-order valence-electron chi connectivity index (χ3n) is 6.05. The number of aromatic amines is 2. The number of aryl methyl sites for hydroxylation is 2. The van der Waals surface area contributed by atoms with Crippen molar-refractivity contribution in [3.8, 4) is 22.3 Å². The zero-order valence-electron chi connectivity index (χ0n) is 16.7. The molecule has 6 heteroatoms. The highest BCUT2D eigenvalue weighted by molar-refractivity contribution is 6.05. The van der Waals surface area contributed by atoms with Gasteiger partial charge in [-0.05, 0) is 73.6 Å². The monoisotopic (exact) mass is 396 g/mol. The van der Waals surface area contributed by atoms with Gasteiger partial charge in [0.15, 0.2) is 0 Å². The van der Waals surface area contributed by atoms with Crippen LogP contribution in [0.5, 0.6) is 0 Å². The van der Waals surface area contributed by atoms with Crippen LogP contribution >= 0.6 is 0 Å². The van der Waals surface area contributed by atoms with Gasteiger partial charge in [0.25, 0.3) is 0 Å². The van der Waals surface area contributed by atoms with Gasteiger partial charge < -0.3 is 14.5 Å². The second-order valence-corrected chi connectivity index (χ2v) is 8.10. The lowest BCUT2D eigenvalue weighted by molar-refractivity contribution is 0.393. The minimum absolute atomic E-state index is 0.214. The molecule has 1 aliphatic carbocycles. The standard InChI is InChI=1S/C24H20N4O2/c1-12-21(13(2)30-28-12)15-10-18(23-20(11-15)26-24(29)27-23)22-16(14-5-6-14)7-8-19-17(22)4-3-9-25-19/h3-4,7-11,14H,5-6H2,1-2H3,(H2,26,27,29). The Kier molecular flexibility index (Phi) is 3.53. The van der Waals surface area contributed by atoms with E-state index in [0.29, 0.717) is 5.92 Å². The molecule has 1 aliphatic rings. The molecular weight excluding hydrogens is 376 g/mol. The fourth-order valence-corrected chi connectivity index (χ4v) is 4.58. The molecule has 0 aliphatic heterocycles. The van der Waals surface area contributed by atoms with E-state index < -0.39 is 0 Å². The number of H-pyrrole nitrogens is 2. The van der Waals surface area contributed by atoms with E-state index in [2.05, 4.69) is 44.4 Å². The maximum atomic E-state index is 12.2. The van der Waals surface area contributed by atoms with Crippen LogP contribution in [0.4, 0.5) is 0 Å². The van der Waals surface area contributed by atoms with Crippen LogP contribution in [-0.2, 0) is 0 Å². The predicted molar refractivity (Wildman–Crippen MR) is 117 cm³/mol. The van der Waals surface area contributed by atoms with Gasteiger partial charge in [-0.2, -0.15) is 0 Å². The van der Waals surface area contributed by atoms with Crippen molar-refractivity contribution in [1.82, 2.24) is 20.1 Å². The van der Waals surface area contributed by atoms with Crippen molar-refractivity contribution < 1.29 is 4.52 Å². The highest BCUT2D eigenvalue weighted by Crippen LogP contribution is 2.48. The third kappa shape index (κ3) is 2.53. The van der Waals surface area contributed by atoms with E-state index in [-0.39, 0.29) is 5.69 Å². The van der Waals surface area contributed by atoms with Crippen molar-refractivity contribution in [3.05, 3.63) is 70.1 Å². The van der Waals surface area contributed by atoms with E-state index >= 15 is 0 Å². The van der Waals surface area contributed by atoms with Gasteiger partial charge in [0.2, 0.25) is 0 Å². The minimum Gasteiger partial charge on any atom is -0.361 e. The van der Waals surface area contributed by atoms with Crippen LogP contribution in [0.15, 0.2) is 51.9 Å². The van der Waals surface area contributed by atoms with E-state index in [1.807, 2.05) is 32.2 Å². The molecule has 30 heavy (non-hydrogen) atoms. The van der Waals surface area contributed by atoms with Crippen molar-refractivity contribution in [2.75, 3.05) is 0 Å². The SMILES string of the molecule is Cc1noc(C)c1-c1cc(-c2c(C3CC3)ccc3ncccc23)c2[nH]c(=O)[nH]c2c1. The average Bonchev–Trinajstić information content (AvgIpc) is 3.44. The van der Waals surface area contributed by atoms with Gasteiger partial charge in [-0.3, -0.25) is 4.98 Å². The molecule has 0 atom stereocenters. The number of fused-ring (bicyclic) bond motifs is 2. The molecule has 1 fully saturated rings. The highest BCUT2D eigenvalue weighted by Gasteiger charge is 2.29. The molecule has 2 aromatic carbocycles. The molecule has 0 amide bonds. The van der Waals surface area contributed by atoms with Gasteiger partial charge in [-0.15, -0.1) is 0 Å². The fraction of sp³-hybridized carbons (Fsp3) is 0.208. The Morgan fingerprint density at radius 3 is 2.70 bits per heavy atom. The van der Waals surface area contributed by atoms with Gasteiger partial charge in [-0.1, -0.05) is 17.3 Å². The van der Waals surface area contributed by atoms with E-state index in [1.165, 1.54) is 18.4 Å². The van der Waals surface area contributed by atoms with E-state index in [9.17, 15) is 4.79 Å². The summed E-state index contributed by atoms with van der Waals surface area (Å²) in [5, 5.41) is 5.22. The van der Waals surface area contributed by atoms with Crippen LogP contribution in [0, 0.1) is 13.8 Å². The molecule has 3 aromatic heterocycles. The number of aromatic nitrogens is 4. The van der Waals surface area contributed by atoms with Gasteiger partial charge in [-0.25, -0.2) is 4.79 Å². The molecule has 3 heterocycles. The van der Waals surface area contributed by atoms with Crippen molar-refractivity contribution in [3.63, 3.8) is 0 Å². The normalized spacial score (nSPS) is 14.1. The lowest BCUT2D eigenvalue weighted by Crippen LogP contribution is -1.99. The van der Waals surface area contributed by atoms with Gasteiger partial charge in [0.1, 0.15) is 5.76 Å². The quantitative estimate of drug-likeness (QED) is 0.438. The molecule has 6 rings (SSSR count). The number of nitrogens with zero attached hydrogens (tertiary/aromatic N) is 2. The predicted octanol–water partition coefficient (Wildman–Crippen LogP) is 5.22. The lowest BCUT2D eigenvalue weighted by Gasteiger charge is -2.15. The second kappa shape index (κ2) is 6.16. The Hall–Kier alpha value is -3.67. The molecule has 2 N–H and O–H groups in total.